The molecule has 2 saturated heterocycles. The molecule has 98 valence electrons. The van der Waals surface area contributed by atoms with Crippen molar-refractivity contribution < 1.29 is 14.3 Å². The Morgan fingerprint density at radius 1 is 1.50 bits per heavy atom. The Balaban J connectivity index is 1.87. The lowest BCUT2D eigenvalue weighted by Crippen LogP contribution is -2.28. The van der Waals surface area contributed by atoms with Gasteiger partial charge >= 0.3 is 5.97 Å². The van der Waals surface area contributed by atoms with E-state index in [1.807, 2.05) is 0 Å². The van der Waals surface area contributed by atoms with E-state index in [0.717, 1.165) is 25.7 Å². The first-order valence-corrected chi connectivity index (χ1v) is 6.74. The summed E-state index contributed by atoms with van der Waals surface area (Å²) >= 11 is 0. The minimum atomic E-state index is -0.233. The fraction of sp³-hybridized carbons (Fsp3) is 0.667. The summed E-state index contributed by atoms with van der Waals surface area (Å²) in [5.74, 6) is -0.102. The van der Waals surface area contributed by atoms with Gasteiger partial charge in [0.25, 0.3) is 0 Å². The van der Waals surface area contributed by atoms with Gasteiger partial charge in [-0.2, -0.15) is 0 Å². The van der Waals surface area contributed by atoms with Crippen LogP contribution in [0.4, 0.5) is 0 Å². The number of carbonyl (C=O) groups excluding carboxylic acids is 1. The van der Waals surface area contributed by atoms with Crippen LogP contribution in [-0.2, 0) is 14.3 Å². The summed E-state index contributed by atoms with van der Waals surface area (Å²) in [7, 11) is 0. The Kier molecular flexibility index (Phi) is 2.63. The SMILES string of the molecule is C=C1C(=O)O[C@H]2[C@H]1CCC(C)=CCC[C@@]1(C)O[C@@H]21. The van der Waals surface area contributed by atoms with Crippen molar-refractivity contribution in [3.05, 3.63) is 23.8 Å². The van der Waals surface area contributed by atoms with Crippen LogP contribution in [0.2, 0.25) is 0 Å². The maximum absolute atomic E-state index is 11.7. The predicted molar refractivity (Wildman–Crippen MR) is 68.0 cm³/mol. The van der Waals surface area contributed by atoms with Gasteiger partial charge in [-0.1, -0.05) is 18.2 Å². The maximum Gasteiger partial charge on any atom is 0.334 e. The molecule has 18 heavy (non-hydrogen) atoms. The molecule has 0 radical (unpaired) electrons. The summed E-state index contributed by atoms with van der Waals surface area (Å²) in [6, 6.07) is 0. The van der Waals surface area contributed by atoms with Crippen molar-refractivity contribution in [3.8, 4) is 0 Å². The summed E-state index contributed by atoms with van der Waals surface area (Å²) < 4.78 is 11.3. The van der Waals surface area contributed by atoms with E-state index in [0.29, 0.717) is 5.57 Å². The molecule has 0 bridgehead atoms. The van der Waals surface area contributed by atoms with E-state index in [-0.39, 0.29) is 29.7 Å². The number of ether oxygens (including phenoxy) is 2. The highest BCUT2D eigenvalue weighted by Gasteiger charge is 2.61. The number of hydrogen-bond acceptors (Lipinski definition) is 3. The average molecular weight is 248 g/mol. The van der Waals surface area contributed by atoms with Crippen LogP contribution >= 0.6 is 0 Å². The molecule has 3 heteroatoms. The van der Waals surface area contributed by atoms with Crippen LogP contribution in [-0.4, -0.2) is 23.8 Å². The fourth-order valence-electron chi connectivity index (χ4n) is 3.20. The van der Waals surface area contributed by atoms with Crippen LogP contribution in [0.5, 0.6) is 0 Å². The Morgan fingerprint density at radius 3 is 3.06 bits per heavy atom. The van der Waals surface area contributed by atoms with Crippen molar-refractivity contribution in [1.82, 2.24) is 0 Å². The topological polar surface area (TPSA) is 38.8 Å². The molecule has 3 nitrogen and oxygen atoms in total. The highest BCUT2D eigenvalue weighted by Crippen LogP contribution is 2.49. The predicted octanol–water partition coefficient (Wildman–Crippen LogP) is 2.76. The number of fused-ring (bicyclic) bond motifs is 3. The lowest BCUT2D eigenvalue weighted by atomic mass is 9.84. The normalized spacial score (nSPS) is 43.7. The van der Waals surface area contributed by atoms with Gasteiger partial charge in [-0.15, -0.1) is 0 Å². The third-order valence-electron chi connectivity index (χ3n) is 4.57. The van der Waals surface area contributed by atoms with Crippen molar-refractivity contribution in [1.29, 1.82) is 0 Å². The molecule has 0 aromatic rings. The Bertz CT molecular complexity index is 437. The van der Waals surface area contributed by atoms with E-state index < -0.39 is 0 Å². The zero-order valence-electron chi connectivity index (χ0n) is 11.1. The second kappa shape index (κ2) is 3.95. The van der Waals surface area contributed by atoms with Crippen LogP contribution in [0, 0.1) is 5.92 Å². The van der Waals surface area contributed by atoms with Gasteiger partial charge in [0.15, 0.2) is 0 Å². The van der Waals surface area contributed by atoms with E-state index in [2.05, 4.69) is 26.5 Å². The lowest BCUT2D eigenvalue weighted by molar-refractivity contribution is -0.140. The molecule has 3 rings (SSSR count). The number of allylic oxidation sites excluding steroid dienone is 2. The molecular weight excluding hydrogens is 228 g/mol. The number of carbonyl (C=O) groups is 1. The molecule has 0 spiro atoms. The zero-order chi connectivity index (χ0) is 12.9. The first-order chi connectivity index (χ1) is 8.51. The zero-order valence-corrected chi connectivity index (χ0v) is 11.1. The molecule has 0 saturated carbocycles. The van der Waals surface area contributed by atoms with Gasteiger partial charge in [0.05, 0.1) is 5.60 Å². The molecule has 0 aromatic heterocycles. The van der Waals surface area contributed by atoms with Gasteiger partial charge in [0.2, 0.25) is 0 Å². The van der Waals surface area contributed by atoms with Crippen LogP contribution < -0.4 is 0 Å². The van der Waals surface area contributed by atoms with E-state index in [1.165, 1.54) is 5.57 Å². The highest BCUT2D eigenvalue weighted by molar-refractivity contribution is 5.91. The Morgan fingerprint density at radius 2 is 2.28 bits per heavy atom. The van der Waals surface area contributed by atoms with Crippen molar-refractivity contribution in [2.45, 2.75) is 57.3 Å². The largest absolute Gasteiger partial charge is 0.455 e. The van der Waals surface area contributed by atoms with E-state index >= 15 is 0 Å². The van der Waals surface area contributed by atoms with Crippen LogP contribution in [0.3, 0.4) is 0 Å². The summed E-state index contributed by atoms with van der Waals surface area (Å²) in [6.07, 6.45) is 6.25. The monoisotopic (exact) mass is 248 g/mol. The summed E-state index contributed by atoms with van der Waals surface area (Å²) in [4.78, 5) is 11.7. The Labute approximate surface area is 108 Å². The summed E-state index contributed by atoms with van der Waals surface area (Å²) in [5, 5.41) is 0. The van der Waals surface area contributed by atoms with Crippen molar-refractivity contribution in [2.24, 2.45) is 5.92 Å². The second-order valence-corrected chi connectivity index (χ2v) is 5.98. The second-order valence-electron chi connectivity index (χ2n) is 5.98. The molecule has 0 N–H and O–H groups in total. The molecule has 0 unspecified atom stereocenters. The van der Waals surface area contributed by atoms with Crippen LogP contribution in [0.1, 0.15) is 39.5 Å². The first-order valence-electron chi connectivity index (χ1n) is 6.74. The smallest absolute Gasteiger partial charge is 0.334 e. The van der Waals surface area contributed by atoms with Gasteiger partial charge in [0, 0.05) is 11.5 Å². The number of esters is 1. The first kappa shape index (κ1) is 12.0. The number of rotatable bonds is 0. The minimum Gasteiger partial charge on any atom is -0.455 e. The van der Waals surface area contributed by atoms with Gasteiger partial charge in [-0.25, -0.2) is 4.79 Å². The number of hydrogen-bond donors (Lipinski definition) is 0. The van der Waals surface area contributed by atoms with Gasteiger partial charge in [0.1, 0.15) is 12.2 Å². The average Bonchev–Trinajstić information content (AvgIpc) is 2.90. The molecule has 2 aliphatic heterocycles. The maximum atomic E-state index is 11.7. The number of epoxide rings is 1. The lowest BCUT2D eigenvalue weighted by Gasteiger charge is -2.19. The third-order valence-corrected chi connectivity index (χ3v) is 4.57. The quantitative estimate of drug-likeness (QED) is 0.286. The standard InChI is InChI=1S/C15H20O3/c1-9-5-4-8-15(3)13(18-15)12-11(7-6-9)10(2)14(16)17-12/h5,11-13H,2,4,6-8H2,1,3H3/t11-,12-,13-,15+/m0/s1. The molecule has 2 heterocycles. The summed E-state index contributed by atoms with van der Waals surface area (Å²) in [5.41, 5.74) is 1.91. The van der Waals surface area contributed by atoms with E-state index in [1.54, 1.807) is 0 Å². The minimum absolute atomic E-state index is 0.0671. The van der Waals surface area contributed by atoms with Crippen molar-refractivity contribution >= 4 is 5.97 Å². The van der Waals surface area contributed by atoms with Gasteiger partial charge in [-0.05, 0) is 39.5 Å². The van der Waals surface area contributed by atoms with E-state index in [9.17, 15) is 4.79 Å². The van der Waals surface area contributed by atoms with Crippen LogP contribution in [0.15, 0.2) is 23.8 Å². The molecular formula is C15H20O3. The fourth-order valence-corrected chi connectivity index (χ4v) is 3.20. The molecule has 4 atom stereocenters. The van der Waals surface area contributed by atoms with Gasteiger partial charge in [-0.3, -0.25) is 0 Å². The summed E-state index contributed by atoms with van der Waals surface area (Å²) in [6.45, 7) is 8.17. The molecule has 0 amide bonds. The van der Waals surface area contributed by atoms with Gasteiger partial charge < -0.3 is 9.47 Å². The van der Waals surface area contributed by atoms with Crippen molar-refractivity contribution in [2.75, 3.05) is 0 Å². The molecule has 2 fully saturated rings. The van der Waals surface area contributed by atoms with E-state index in [4.69, 9.17) is 9.47 Å². The van der Waals surface area contributed by atoms with Crippen LogP contribution in [0.25, 0.3) is 0 Å². The third kappa shape index (κ3) is 1.81. The Hall–Kier alpha value is -1.09. The molecule has 1 aliphatic carbocycles. The molecule has 0 aromatic carbocycles. The molecule has 3 aliphatic rings. The highest BCUT2D eigenvalue weighted by atomic mass is 16.6. The van der Waals surface area contributed by atoms with Crippen molar-refractivity contribution in [3.63, 3.8) is 0 Å².